The van der Waals surface area contributed by atoms with Crippen LogP contribution in [-0.2, 0) is 16.1 Å². The van der Waals surface area contributed by atoms with Crippen LogP contribution < -0.4 is 0 Å². The van der Waals surface area contributed by atoms with Gasteiger partial charge in [0.05, 0.1) is 5.60 Å². The molecule has 32 heavy (non-hydrogen) atoms. The van der Waals surface area contributed by atoms with E-state index in [4.69, 9.17) is 21.3 Å². The van der Waals surface area contributed by atoms with E-state index in [2.05, 4.69) is 32.3 Å². The fourth-order valence-corrected chi connectivity index (χ4v) is 4.45. The number of carbonyl (C=O) groups is 1. The van der Waals surface area contributed by atoms with Crippen LogP contribution in [0.3, 0.4) is 0 Å². The topological polar surface area (TPSA) is 44.1 Å². The average molecular weight is 455 g/mol. The molecule has 3 rings (SSSR count). The Morgan fingerprint density at radius 3 is 2.22 bits per heavy atom. The lowest BCUT2D eigenvalue weighted by molar-refractivity contribution is -0.138. The smallest absolute Gasteiger partial charge is 0.163 e. The molecule has 0 saturated heterocycles. The van der Waals surface area contributed by atoms with Gasteiger partial charge in [-0.2, -0.15) is 0 Å². The zero-order valence-corrected chi connectivity index (χ0v) is 21.5. The number of hydrogen-bond donors (Lipinski definition) is 0. The highest BCUT2D eigenvalue weighted by Gasteiger charge is 2.31. The van der Waals surface area contributed by atoms with Crippen molar-refractivity contribution in [1.82, 2.24) is 9.55 Å². The van der Waals surface area contributed by atoms with Crippen molar-refractivity contribution in [2.24, 2.45) is 5.92 Å². The van der Waals surface area contributed by atoms with Gasteiger partial charge in [0.2, 0.25) is 0 Å². The maximum absolute atomic E-state index is 12.9. The summed E-state index contributed by atoms with van der Waals surface area (Å²) in [4.78, 5) is 17.9. The van der Waals surface area contributed by atoms with Crippen LogP contribution in [0.2, 0.25) is 5.02 Å². The first-order valence-corrected chi connectivity index (χ1v) is 11.6. The first-order chi connectivity index (χ1) is 14.8. The summed E-state index contributed by atoms with van der Waals surface area (Å²) in [5, 5.41) is 1.76. The van der Waals surface area contributed by atoms with Crippen molar-refractivity contribution in [2.75, 3.05) is 0 Å². The Hall–Kier alpha value is -2.17. The molecule has 0 bridgehead atoms. The van der Waals surface area contributed by atoms with Crippen LogP contribution in [0.1, 0.15) is 70.2 Å². The number of ether oxygens (including phenoxy) is 1. The number of rotatable bonds is 6. The van der Waals surface area contributed by atoms with E-state index in [1.807, 2.05) is 52.0 Å². The lowest BCUT2D eigenvalue weighted by Crippen LogP contribution is -2.27. The number of hydrogen-bond acceptors (Lipinski definition) is 3. The van der Waals surface area contributed by atoms with Crippen molar-refractivity contribution in [3.8, 4) is 11.1 Å². The van der Waals surface area contributed by atoms with Gasteiger partial charge in [-0.05, 0) is 77.6 Å². The number of aromatic nitrogens is 2. The van der Waals surface area contributed by atoms with E-state index >= 15 is 0 Å². The number of aryl methyl sites for hydroxylation is 2. The standard InChI is InChI=1S/C27H35ClN2O2/c1-15(2)14-30-18(5)16(3)22-24(20-10-12-21(28)13-11-20)23(17(4)29-26(22)30)25(19(6)31)32-27(7,8)9/h10-13,15,25H,14H2,1-9H3. The third kappa shape index (κ3) is 4.77. The largest absolute Gasteiger partial charge is 0.360 e. The third-order valence-electron chi connectivity index (χ3n) is 5.77. The average Bonchev–Trinajstić information content (AvgIpc) is 2.89. The van der Waals surface area contributed by atoms with Gasteiger partial charge in [0.25, 0.3) is 0 Å². The van der Waals surface area contributed by atoms with Gasteiger partial charge in [0, 0.05) is 39.5 Å². The molecule has 1 aromatic carbocycles. The molecule has 0 radical (unpaired) electrons. The minimum Gasteiger partial charge on any atom is -0.360 e. The van der Waals surface area contributed by atoms with Crippen molar-refractivity contribution in [1.29, 1.82) is 0 Å². The first kappa shape index (κ1) is 24.5. The van der Waals surface area contributed by atoms with Crippen molar-refractivity contribution < 1.29 is 9.53 Å². The number of nitrogens with zero attached hydrogens (tertiary/aromatic N) is 2. The monoisotopic (exact) mass is 454 g/mol. The zero-order chi connectivity index (χ0) is 24.0. The van der Waals surface area contributed by atoms with Gasteiger partial charge in [-0.1, -0.05) is 37.6 Å². The van der Waals surface area contributed by atoms with Gasteiger partial charge < -0.3 is 9.30 Å². The van der Waals surface area contributed by atoms with E-state index in [1.54, 1.807) is 6.92 Å². The van der Waals surface area contributed by atoms with Crippen LogP contribution in [0.15, 0.2) is 24.3 Å². The van der Waals surface area contributed by atoms with E-state index in [0.29, 0.717) is 10.9 Å². The second kappa shape index (κ2) is 8.99. The van der Waals surface area contributed by atoms with Gasteiger partial charge in [-0.25, -0.2) is 4.98 Å². The number of halogens is 1. The molecule has 1 atom stereocenters. The van der Waals surface area contributed by atoms with Crippen LogP contribution in [-0.4, -0.2) is 20.9 Å². The van der Waals surface area contributed by atoms with Gasteiger partial charge in [0.15, 0.2) is 5.78 Å². The van der Waals surface area contributed by atoms with Crippen LogP contribution in [0, 0.1) is 26.7 Å². The molecule has 0 spiro atoms. The molecule has 4 nitrogen and oxygen atoms in total. The first-order valence-electron chi connectivity index (χ1n) is 11.3. The highest BCUT2D eigenvalue weighted by molar-refractivity contribution is 6.30. The number of benzene rings is 1. The molecule has 1 unspecified atom stereocenters. The molecule has 0 aliphatic rings. The molecule has 172 valence electrons. The predicted molar refractivity (Wildman–Crippen MR) is 133 cm³/mol. The molecule has 0 N–H and O–H groups in total. The minimum atomic E-state index is -0.703. The lowest BCUT2D eigenvalue weighted by Gasteiger charge is -2.29. The Bertz CT molecular complexity index is 1150. The molecular weight excluding hydrogens is 420 g/mol. The van der Waals surface area contributed by atoms with Gasteiger partial charge >= 0.3 is 0 Å². The summed E-state index contributed by atoms with van der Waals surface area (Å²) >= 11 is 6.21. The number of carbonyl (C=O) groups excluding carboxylic acids is 1. The minimum absolute atomic E-state index is 0.0321. The maximum Gasteiger partial charge on any atom is 0.163 e. The third-order valence-corrected chi connectivity index (χ3v) is 6.02. The van der Waals surface area contributed by atoms with Gasteiger partial charge in [-0.3, -0.25) is 4.79 Å². The molecule has 2 heterocycles. The summed E-state index contributed by atoms with van der Waals surface area (Å²) in [6.07, 6.45) is -0.703. The molecule has 5 heteroatoms. The molecule has 0 aliphatic heterocycles. The second-order valence-electron chi connectivity index (χ2n) is 10.1. The van der Waals surface area contributed by atoms with Crippen molar-refractivity contribution in [3.05, 3.63) is 51.8 Å². The van der Waals surface area contributed by atoms with Crippen LogP contribution in [0.25, 0.3) is 22.2 Å². The summed E-state index contributed by atoms with van der Waals surface area (Å²) < 4.78 is 8.62. The van der Waals surface area contributed by atoms with Crippen LogP contribution >= 0.6 is 11.6 Å². The van der Waals surface area contributed by atoms with Gasteiger partial charge in [0.1, 0.15) is 11.8 Å². The highest BCUT2D eigenvalue weighted by atomic mass is 35.5. The maximum atomic E-state index is 12.9. The molecule has 0 amide bonds. The van der Waals surface area contributed by atoms with E-state index in [9.17, 15) is 4.79 Å². The summed E-state index contributed by atoms with van der Waals surface area (Å²) in [6.45, 7) is 19.1. The Morgan fingerprint density at radius 1 is 1.12 bits per heavy atom. The van der Waals surface area contributed by atoms with E-state index in [1.165, 1.54) is 11.3 Å². The highest BCUT2D eigenvalue weighted by Crippen LogP contribution is 2.42. The molecule has 0 saturated carbocycles. The Labute approximate surface area is 196 Å². The Balaban J connectivity index is 2.48. The Kier molecular flexibility index (Phi) is 6.88. The number of pyridine rings is 1. The molecular formula is C27H35ClN2O2. The van der Waals surface area contributed by atoms with E-state index in [-0.39, 0.29) is 5.78 Å². The summed E-state index contributed by atoms with van der Waals surface area (Å²) in [7, 11) is 0. The van der Waals surface area contributed by atoms with Crippen LogP contribution in [0.4, 0.5) is 0 Å². The normalized spacial score (nSPS) is 13.2. The van der Waals surface area contributed by atoms with Crippen molar-refractivity contribution in [2.45, 2.75) is 80.6 Å². The SMILES string of the molecule is CC(=O)C(OC(C)(C)C)c1c(C)nc2c(c(C)c(C)n2CC(C)C)c1-c1ccc(Cl)cc1. The fraction of sp³-hybridized carbons (Fsp3) is 0.481. The van der Waals surface area contributed by atoms with Crippen molar-refractivity contribution >= 4 is 28.4 Å². The summed E-state index contributed by atoms with van der Waals surface area (Å²) in [5.41, 5.74) is 6.52. The zero-order valence-electron chi connectivity index (χ0n) is 20.8. The molecule has 3 aromatic rings. The number of Topliss-reactive ketones (excluding diaryl/α,β-unsaturated/α-hetero) is 1. The van der Waals surface area contributed by atoms with E-state index in [0.717, 1.165) is 40.0 Å². The predicted octanol–water partition coefficient (Wildman–Crippen LogP) is 7.38. The van der Waals surface area contributed by atoms with Crippen LogP contribution in [0.5, 0.6) is 0 Å². The second-order valence-corrected chi connectivity index (χ2v) is 10.6. The number of ketones is 1. The lowest BCUT2D eigenvalue weighted by atomic mass is 9.90. The number of fused-ring (bicyclic) bond motifs is 1. The molecule has 0 fully saturated rings. The molecule has 2 aromatic heterocycles. The summed E-state index contributed by atoms with van der Waals surface area (Å²) in [6, 6.07) is 7.82. The molecule has 0 aliphatic carbocycles. The van der Waals surface area contributed by atoms with Gasteiger partial charge in [-0.15, -0.1) is 0 Å². The summed E-state index contributed by atoms with van der Waals surface area (Å²) in [5.74, 6) is 0.453. The van der Waals surface area contributed by atoms with E-state index < -0.39 is 11.7 Å². The Morgan fingerprint density at radius 2 is 1.72 bits per heavy atom. The quantitative estimate of drug-likeness (QED) is 0.390. The fourth-order valence-electron chi connectivity index (χ4n) is 4.32. The van der Waals surface area contributed by atoms with Crippen molar-refractivity contribution in [3.63, 3.8) is 0 Å².